The fourth-order valence-corrected chi connectivity index (χ4v) is 2.39. The third kappa shape index (κ3) is 2.28. The van der Waals surface area contributed by atoms with Crippen LogP contribution in [0.1, 0.15) is 18.1 Å². The highest BCUT2D eigenvalue weighted by Crippen LogP contribution is 2.37. The highest BCUT2D eigenvalue weighted by Gasteiger charge is 2.29. The van der Waals surface area contributed by atoms with E-state index < -0.39 is 0 Å². The Labute approximate surface area is 107 Å². The van der Waals surface area contributed by atoms with Gasteiger partial charge in [-0.25, -0.2) is 0 Å². The lowest BCUT2D eigenvalue weighted by molar-refractivity contribution is -0.145. The molecular formula is C14H18O4. The molecule has 4 nitrogen and oxygen atoms in total. The molecule has 0 aromatic heterocycles. The summed E-state index contributed by atoms with van der Waals surface area (Å²) in [6, 6.07) is 3.93. The predicted octanol–water partition coefficient (Wildman–Crippen LogP) is 1.98. The number of ether oxygens (including phenoxy) is 3. The van der Waals surface area contributed by atoms with Crippen molar-refractivity contribution in [3.8, 4) is 11.5 Å². The van der Waals surface area contributed by atoms with E-state index in [4.69, 9.17) is 14.2 Å². The van der Waals surface area contributed by atoms with Crippen LogP contribution in [0, 0.1) is 5.92 Å². The van der Waals surface area contributed by atoms with E-state index in [1.54, 1.807) is 7.11 Å². The van der Waals surface area contributed by atoms with Crippen LogP contribution in [0.3, 0.4) is 0 Å². The molecule has 0 saturated carbocycles. The van der Waals surface area contributed by atoms with E-state index in [1.165, 1.54) is 7.11 Å². The molecule has 0 fully saturated rings. The van der Waals surface area contributed by atoms with E-state index in [2.05, 4.69) is 0 Å². The van der Waals surface area contributed by atoms with Crippen molar-refractivity contribution in [2.45, 2.75) is 19.8 Å². The van der Waals surface area contributed by atoms with Crippen LogP contribution in [0.5, 0.6) is 11.5 Å². The average Bonchev–Trinajstić information content (AvgIpc) is 2.80. The number of methoxy groups -OCH3 is 2. The van der Waals surface area contributed by atoms with Crippen LogP contribution in [-0.2, 0) is 22.4 Å². The van der Waals surface area contributed by atoms with E-state index in [-0.39, 0.29) is 11.9 Å². The molecule has 0 aliphatic heterocycles. The van der Waals surface area contributed by atoms with E-state index in [0.29, 0.717) is 19.4 Å². The van der Waals surface area contributed by atoms with Crippen molar-refractivity contribution in [3.05, 3.63) is 23.3 Å². The highest BCUT2D eigenvalue weighted by atomic mass is 16.5. The van der Waals surface area contributed by atoms with Crippen molar-refractivity contribution < 1.29 is 19.0 Å². The second kappa shape index (κ2) is 5.29. The first-order chi connectivity index (χ1) is 8.69. The van der Waals surface area contributed by atoms with Gasteiger partial charge >= 0.3 is 5.97 Å². The number of benzene rings is 1. The molecule has 0 spiro atoms. The highest BCUT2D eigenvalue weighted by molar-refractivity contribution is 5.74. The molecule has 1 aromatic carbocycles. The zero-order valence-corrected chi connectivity index (χ0v) is 11.0. The topological polar surface area (TPSA) is 44.8 Å². The molecule has 1 aliphatic rings. The van der Waals surface area contributed by atoms with Crippen molar-refractivity contribution in [1.29, 1.82) is 0 Å². The Balaban J connectivity index is 2.27. The minimum Gasteiger partial charge on any atom is -0.493 e. The van der Waals surface area contributed by atoms with Gasteiger partial charge in [0.2, 0.25) is 0 Å². The predicted molar refractivity (Wildman–Crippen MR) is 67.1 cm³/mol. The Hall–Kier alpha value is -1.71. The first-order valence-corrected chi connectivity index (χ1v) is 6.10. The number of esters is 1. The largest absolute Gasteiger partial charge is 0.493 e. The normalized spacial score (nSPS) is 17.2. The summed E-state index contributed by atoms with van der Waals surface area (Å²) in [5.41, 5.74) is 2.29. The summed E-state index contributed by atoms with van der Waals surface area (Å²) in [7, 11) is 3.05. The van der Waals surface area contributed by atoms with Crippen molar-refractivity contribution in [2.24, 2.45) is 5.92 Å². The molecular weight excluding hydrogens is 232 g/mol. The molecule has 0 saturated heterocycles. The van der Waals surface area contributed by atoms with Gasteiger partial charge in [0.1, 0.15) is 0 Å². The van der Waals surface area contributed by atoms with Gasteiger partial charge in [0.05, 0.1) is 26.7 Å². The molecule has 4 heteroatoms. The van der Waals surface area contributed by atoms with Crippen molar-refractivity contribution >= 4 is 5.97 Å². The SMILES string of the molecule is CCOc1cc2c(cc1OC)CC(C(=O)OC)C2. The van der Waals surface area contributed by atoms with Crippen LogP contribution in [0.25, 0.3) is 0 Å². The summed E-state index contributed by atoms with van der Waals surface area (Å²) in [5.74, 6) is 1.24. The molecule has 0 heterocycles. The second-order valence-electron chi connectivity index (χ2n) is 4.33. The Morgan fingerprint density at radius 1 is 1.22 bits per heavy atom. The summed E-state index contributed by atoms with van der Waals surface area (Å²) in [6.45, 7) is 2.53. The summed E-state index contributed by atoms with van der Waals surface area (Å²) in [5, 5.41) is 0. The van der Waals surface area contributed by atoms with Crippen LogP contribution in [0.15, 0.2) is 12.1 Å². The van der Waals surface area contributed by atoms with E-state index in [1.807, 2.05) is 19.1 Å². The van der Waals surface area contributed by atoms with Gasteiger partial charge in [-0.2, -0.15) is 0 Å². The lowest BCUT2D eigenvalue weighted by Gasteiger charge is -2.11. The lowest BCUT2D eigenvalue weighted by Crippen LogP contribution is -2.15. The van der Waals surface area contributed by atoms with Gasteiger partial charge in [-0.05, 0) is 43.0 Å². The summed E-state index contributed by atoms with van der Waals surface area (Å²) in [4.78, 5) is 11.6. The monoisotopic (exact) mass is 250 g/mol. The first-order valence-electron chi connectivity index (χ1n) is 6.10. The zero-order valence-electron chi connectivity index (χ0n) is 11.0. The Kier molecular flexibility index (Phi) is 3.75. The number of carbonyl (C=O) groups is 1. The number of fused-ring (bicyclic) bond motifs is 1. The lowest BCUT2D eigenvalue weighted by atomic mass is 10.1. The molecule has 1 unspecified atom stereocenters. The molecule has 98 valence electrons. The van der Waals surface area contributed by atoms with Crippen molar-refractivity contribution in [3.63, 3.8) is 0 Å². The smallest absolute Gasteiger partial charge is 0.309 e. The number of hydrogen-bond acceptors (Lipinski definition) is 4. The van der Waals surface area contributed by atoms with E-state index in [9.17, 15) is 4.79 Å². The summed E-state index contributed by atoms with van der Waals surface area (Å²) >= 11 is 0. The molecule has 1 aromatic rings. The first kappa shape index (κ1) is 12.7. The Morgan fingerprint density at radius 2 is 1.83 bits per heavy atom. The van der Waals surface area contributed by atoms with Crippen LogP contribution in [0.4, 0.5) is 0 Å². The van der Waals surface area contributed by atoms with Crippen LogP contribution in [-0.4, -0.2) is 26.8 Å². The molecule has 0 radical (unpaired) electrons. The molecule has 0 bridgehead atoms. The summed E-state index contributed by atoms with van der Waals surface area (Å²) in [6.07, 6.45) is 1.43. The quantitative estimate of drug-likeness (QED) is 0.766. The maximum Gasteiger partial charge on any atom is 0.309 e. The van der Waals surface area contributed by atoms with Gasteiger partial charge < -0.3 is 14.2 Å². The van der Waals surface area contributed by atoms with Crippen molar-refractivity contribution in [2.75, 3.05) is 20.8 Å². The molecule has 0 amide bonds. The van der Waals surface area contributed by atoms with E-state index in [0.717, 1.165) is 22.6 Å². The number of carbonyl (C=O) groups excluding carboxylic acids is 1. The molecule has 2 rings (SSSR count). The number of rotatable bonds is 4. The molecule has 0 N–H and O–H groups in total. The molecule has 18 heavy (non-hydrogen) atoms. The third-order valence-electron chi connectivity index (χ3n) is 3.25. The Bertz CT molecular complexity index is 453. The summed E-state index contributed by atoms with van der Waals surface area (Å²) < 4.78 is 15.6. The van der Waals surface area contributed by atoms with Gasteiger partial charge in [-0.3, -0.25) is 4.79 Å². The van der Waals surface area contributed by atoms with Gasteiger partial charge in [-0.1, -0.05) is 0 Å². The molecule has 1 atom stereocenters. The Morgan fingerprint density at radius 3 is 2.33 bits per heavy atom. The second-order valence-corrected chi connectivity index (χ2v) is 4.33. The zero-order chi connectivity index (χ0) is 13.1. The fraction of sp³-hybridized carbons (Fsp3) is 0.500. The van der Waals surface area contributed by atoms with Crippen LogP contribution >= 0.6 is 0 Å². The standard InChI is InChI=1S/C14H18O4/c1-4-18-13-8-10-6-11(14(15)17-3)5-9(10)7-12(13)16-2/h7-8,11H,4-6H2,1-3H3. The fourth-order valence-electron chi connectivity index (χ4n) is 2.39. The molecule has 1 aliphatic carbocycles. The van der Waals surface area contributed by atoms with Crippen LogP contribution in [0.2, 0.25) is 0 Å². The number of hydrogen-bond donors (Lipinski definition) is 0. The van der Waals surface area contributed by atoms with E-state index >= 15 is 0 Å². The van der Waals surface area contributed by atoms with Gasteiger partial charge in [-0.15, -0.1) is 0 Å². The van der Waals surface area contributed by atoms with Crippen molar-refractivity contribution in [1.82, 2.24) is 0 Å². The van der Waals surface area contributed by atoms with Gasteiger partial charge in [0.25, 0.3) is 0 Å². The third-order valence-corrected chi connectivity index (χ3v) is 3.25. The maximum absolute atomic E-state index is 11.6. The maximum atomic E-state index is 11.6. The minimum absolute atomic E-state index is 0.0772. The average molecular weight is 250 g/mol. The van der Waals surface area contributed by atoms with Gasteiger partial charge in [0, 0.05) is 0 Å². The minimum atomic E-state index is -0.150. The van der Waals surface area contributed by atoms with Gasteiger partial charge in [0.15, 0.2) is 11.5 Å². The van der Waals surface area contributed by atoms with Crippen LogP contribution < -0.4 is 9.47 Å².